The van der Waals surface area contributed by atoms with Crippen LogP contribution in [0.2, 0.25) is 0 Å². The Morgan fingerprint density at radius 3 is 2.12 bits per heavy atom. The first-order valence-corrected chi connectivity index (χ1v) is 10.2. The van der Waals surface area contributed by atoms with Crippen molar-refractivity contribution in [3.8, 4) is 11.5 Å². The van der Waals surface area contributed by atoms with Gasteiger partial charge >= 0.3 is 18.4 Å². The van der Waals surface area contributed by atoms with Crippen LogP contribution in [0, 0.1) is 13.8 Å². The molecule has 1 aliphatic heterocycles. The summed E-state index contributed by atoms with van der Waals surface area (Å²) in [7, 11) is 0. The molecule has 3 rings (SSSR count). The largest absolute Gasteiger partial charge is 0.573 e. The van der Waals surface area contributed by atoms with E-state index in [0.29, 0.717) is 31.1 Å². The average Bonchev–Trinajstić information content (AvgIpc) is 3.04. The first kappa shape index (κ1) is 24.2. The molecule has 2 aromatic carbocycles. The third-order valence-electron chi connectivity index (χ3n) is 5.24. The van der Waals surface area contributed by atoms with Crippen molar-refractivity contribution in [1.82, 2.24) is 4.90 Å². The zero-order valence-electron chi connectivity index (χ0n) is 18.7. The van der Waals surface area contributed by atoms with Gasteiger partial charge in [-0.2, -0.15) is 0 Å². The number of aliphatic carboxylic acids is 1. The molecule has 1 N–H and O–H groups in total. The number of amides is 2. The van der Waals surface area contributed by atoms with Gasteiger partial charge in [0, 0.05) is 25.3 Å². The number of carboxylic acids is 1. The van der Waals surface area contributed by atoms with Crippen LogP contribution >= 0.6 is 0 Å². The molecule has 2 aromatic rings. The van der Waals surface area contributed by atoms with Crippen LogP contribution in [0.1, 0.15) is 30.5 Å². The third kappa shape index (κ3) is 5.68. The smallest absolute Gasteiger partial charge is 0.478 e. The minimum atomic E-state index is -4.78. The van der Waals surface area contributed by atoms with Crippen molar-refractivity contribution in [2.24, 2.45) is 0 Å². The monoisotopic (exact) mass is 466 g/mol. The number of benzene rings is 2. The average molecular weight is 466 g/mol. The minimum absolute atomic E-state index is 0.262. The number of ether oxygens (including phenoxy) is 2. The van der Waals surface area contributed by atoms with Crippen LogP contribution in [0.25, 0.3) is 0 Å². The van der Waals surface area contributed by atoms with E-state index in [-0.39, 0.29) is 11.8 Å². The van der Waals surface area contributed by atoms with Crippen molar-refractivity contribution in [2.75, 3.05) is 18.0 Å². The van der Waals surface area contributed by atoms with Crippen molar-refractivity contribution in [2.45, 2.75) is 46.2 Å². The Morgan fingerprint density at radius 1 is 1.03 bits per heavy atom. The summed E-state index contributed by atoms with van der Waals surface area (Å²) < 4.78 is 46.6. The van der Waals surface area contributed by atoms with E-state index < -0.39 is 17.9 Å². The molecule has 0 spiro atoms. The zero-order chi connectivity index (χ0) is 24.6. The lowest BCUT2D eigenvalue weighted by Crippen LogP contribution is -2.38. The number of urea groups is 1. The lowest BCUT2D eigenvalue weighted by molar-refractivity contribution is -0.274. The SMILES string of the molecule is Cc1cc(CN2CCN(c3ccc(OC(F)(F)F)cc3)C2=O)cc(C)c1OC(C)(C)C(=O)O. The number of carboxylic acid groups (broad SMARTS) is 1. The van der Waals surface area contributed by atoms with E-state index >= 15 is 0 Å². The van der Waals surface area contributed by atoms with Gasteiger partial charge in [0.2, 0.25) is 0 Å². The molecule has 1 aliphatic rings. The van der Waals surface area contributed by atoms with Crippen LogP contribution in [0.15, 0.2) is 36.4 Å². The van der Waals surface area contributed by atoms with Gasteiger partial charge in [0.1, 0.15) is 11.5 Å². The third-order valence-corrected chi connectivity index (χ3v) is 5.24. The summed E-state index contributed by atoms with van der Waals surface area (Å²) in [5, 5.41) is 9.31. The van der Waals surface area contributed by atoms with Gasteiger partial charge in [0.05, 0.1) is 0 Å². The molecule has 0 saturated carbocycles. The molecule has 1 saturated heterocycles. The Balaban J connectivity index is 1.70. The van der Waals surface area contributed by atoms with Crippen molar-refractivity contribution >= 4 is 17.7 Å². The number of aryl methyl sites for hydroxylation is 2. The summed E-state index contributed by atoms with van der Waals surface area (Å²) in [6.07, 6.45) is -4.78. The number of anilines is 1. The van der Waals surface area contributed by atoms with Gasteiger partial charge in [-0.25, -0.2) is 9.59 Å². The first-order valence-electron chi connectivity index (χ1n) is 10.2. The van der Waals surface area contributed by atoms with Crippen LogP contribution in [-0.4, -0.2) is 47.1 Å². The van der Waals surface area contributed by atoms with Crippen molar-refractivity contribution in [1.29, 1.82) is 0 Å². The van der Waals surface area contributed by atoms with E-state index in [1.807, 2.05) is 26.0 Å². The number of hydrogen-bond donors (Lipinski definition) is 1. The predicted molar refractivity (Wildman–Crippen MR) is 115 cm³/mol. The van der Waals surface area contributed by atoms with E-state index in [0.717, 1.165) is 16.7 Å². The fourth-order valence-corrected chi connectivity index (χ4v) is 3.61. The highest BCUT2D eigenvalue weighted by atomic mass is 19.4. The maximum Gasteiger partial charge on any atom is 0.573 e. The van der Waals surface area contributed by atoms with E-state index in [9.17, 15) is 27.9 Å². The van der Waals surface area contributed by atoms with E-state index in [4.69, 9.17) is 4.74 Å². The lowest BCUT2D eigenvalue weighted by atomic mass is 10.0. The second-order valence-corrected chi connectivity index (χ2v) is 8.37. The number of halogens is 3. The number of alkyl halides is 3. The van der Waals surface area contributed by atoms with Gasteiger partial charge in [0.25, 0.3) is 0 Å². The van der Waals surface area contributed by atoms with Gasteiger partial charge in [-0.15, -0.1) is 13.2 Å². The first-order chi connectivity index (χ1) is 15.3. The molecular formula is C23H25F3N2O5. The summed E-state index contributed by atoms with van der Waals surface area (Å²) in [4.78, 5) is 27.4. The van der Waals surface area contributed by atoms with E-state index in [2.05, 4.69) is 4.74 Å². The van der Waals surface area contributed by atoms with Gasteiger partial charge in [-0.1, -0.05) is 12.1 Å². The molecule has 0 aliphatic carbocycles. The standard InChI is InChI=1S/C23H25F3N2O5/c1-14-11-16(12-15(2)19(14)33-22(3,4)20(29)30)13-27-9-10-28(21(27)31)17-5-7-18(8-6-17)32-23(24,25)26/h5-8,11-12H,9-10,13H2,1-4H3,(H,29,30). The molecule has 1 fully saturated rings. The van der Waals surface area contributed by atoms with Crippen LogP contribution in [0.5, 0.6) is 11.5 Å². The molecule has 178 valence electrons. The molecule has 33 heavy (non-hydrogen) atoms. The second kappa shape index (κ2) is 8.84. The highest BCUT2D eigenvalue weighted by molar-refractivity contribution is 5.94. The van der Waals surface area contributed by atoms with Crippen molar-refractivity contribution in [3.63, 3.8) is 0 Å². The molecule has 1 heterocycles. The Labute approximate surface area is 189 Å². The van der Waals surface area contributed by atoms with Gasteiger partial charge in [-0.05, 0) is 68.7 Å². The molecule has 2 amide bonds. The second-order valence-electron chi connectivity index (χ2n) is 8.37. The molecule has 0 aromatic heterocycles. The van der Waals surface area contributed by atoms with E-state index in [1.165, 1.54) is 43.0 Å². The Bertz CT molecular complexity index is 1030. The fourth-order valence-electron chi connectivity index (χ4n) is 3.61. The van der Waals surface area contributed by atoms with Gasteiger partial charge in [-0.3, -0.25) is 4.90 Å². The van der Waals surface area contributed by atoms with Gasteiger partial charge in [0.15, 0.2) is 5.60 Å². The Morgan fingerprint density at radius 2 is 1.61 bits per heavy atom. The summed E-state index contributed by atoms with van der Waals surface area (Å²) in [5.74, 6) is -0.943. The molecule has 0 unspecified atom stereocenters. The topological polar surface area (TPSA) is 79.3 Å². The highest BCUT2D eigenvalue weighted by Gasteiger charge is 2.33. The van der Waals surface area contributed by atoms with Crippen LogP contribution in [0.4, 0.5) is 23.7 Å². The van der Waals surface area contributed by atoms with Crippen LogP contribution in [0.3, 0.4) is 0 Å². The molecule has 10 heteroatoms. The lowest BCUT2D eigenvalue weighted by Gasteiger charge is -2.25. The number of hydrogen-bond acceptors (Lipinski definition) is 4. The van der Waals surface area contributed by atoms with Crippen LogP contribution in [-0.2, 0) is 11.3 Å². The number of rotatable bonds is 7. The van der Waals surface area contributed by atoms with E-state index in [1.54, 1.807) is 4.90 Å². The predicted octanol–water partition coefficient (Wildman–Crippen LogP) is 4.89. The quantitative estimate of drug-likeness (QED) is 0.629. The normalized spacial score (nSPS) is 14.6. The maximum atomic E-state index is 12.9. The summed E-state index contributed by atoms with van der Waals surface area (Å²) in [6, 6.07) is 8.59. The molecule has 0 radical (unpaired) electrons. The summed E-state index contributed by atoms with van der Waals surface area (Å²) >= 11 is 0. The molecular weight excluding hydrogens is 441 g/mol. The zero-order valence-corrected chi connectivity index (χ0v) is 18.7. The van der Waals surface area contributed by atoms with Crippen molar-refractivity contribution in [3.05, 3.63) is 53.1 Å². The molecule has 7 nitrogen and oxygen atoms in total. The van der Waals surface area contributed by atoms with Gasteiger partial charge < -0.3 is 19.5 Å². The van der Waals surface area contributed by atoms with Crippen molar-refractivity contribution < 1.29 is 37.3 Å². The fraction of sp³-hybridized carbons (Fsp3) is 0.391. The maximum absolute atomic E-state index is 12.9. The summed E-state index contributed by atoms with van der Waals surface area (Å²) in [5.41, 5.74) is 1.45. The minimum Gasteiger partial charge on any atom is -0.478 e. The summed E-state index contributed by atoms with van der Waals surface area (Å²) in [6.45, 7) is 7.74. The Kier molecular flexibility index (Phi) is 6.49. The van der Waals surface area contributed by atoms with Crippen LogP contribution < -0.4 is 14.4 Å². The number of carbonyl (C=O) groups is 2. The molecule has 0 bridgehead atoms. The Hall–Kier alpha value is -3.43. The molecule has 0 atom stereocenters. The highest BCUT2D eigenvalue weighted by Crippen LogP contribution is 2.31. The number of carbonyl (C=O) groups excluding carboxylic acids is 1. The number of nitrogens with zero attached hydrogens (tertiary/aromatic N) is 2.